The lowest BCUT2D eigenvalue weighted by atomic mass is 10.2. The fraction of sp³-hybridized carbons (Fsp3) is 0.150. The fourth-order valence-electron chi connectivity index (χ4n) is 3.03. The summed E-state index contributed by atoms with van der Waals surface area (Å²) in [6.45, 7) is 1.12. The number of nitrogens with one attached hydrogen (secondary N) is 1. The van der Waals surface area contributed by atoms with E-state index in [1.165, 1.54) is 38.6 Å². The average Bonchev–Trinajstić information content (AvgIpc) is 3.21. The Kier molecular flexibility index (Phi) is 5.07. The van der Waals surface area contributed by atoms with Crippen molar-refractivity contribution < 1.29 is 18.3 Å². The number of furan rings is 1. The Morgan fingerprint density at radius 3 is 2.81 bits per heavy atom. The third kappa shape index (κ3) is 3.80. The zero-order valence-corrected chi connectivity index (χ0v) is 16.5. The van der Waals surface area contributed by atoms with Gasteiger partial charge in [0.05, 0.1) is 31.3 Å². The van der Waals surface area contributed by atoms with Gasteiger partial charge in [0.1, 0.15) is 5.82 Å². The van der Waals surface area contributed by atoms with Crippen LogP contribution in [0.15, 0.2) is 56.8 Å². The van der Waals surface area contributed by atoms with E-state index >= 15 is 0 Å². The lowest BCUT2D eigenvalue weighted by molar-refractivity contribution is -0.114. The van der Waals surface area contributed by atoms with Crippen molar-refractivity contribution in [2.75, 3.05) is 12.4 Å². The Bertz CT molecular complexity index is 1420. The van der Waals surface area contributed by atoms with Crippen LogP contribution in [-0.4, -0.2) is 32.3 Å². The van der Waals surface area contributed by atoms with Crippen molar-refractivity contribution in [2.45, 2.75) is 13.5 Å². The van der Waals surface area contributed by atoms with Gasteiger partial charge in [-0.15, -0.1) is 5.10 Å². The molecule has 10 nitrogen and oxygen atoms in total. The molecule has 0 fully saturated rings. The number of nitrogens with zero attached hydrogens (tertiary/aromatic N) is 4. The van der Waals surface area contributed by atoms with Crippen molar-refractivity contribution in [2.24, 2.45) is 0 Å². The Morgan fingerprint density at radius 2 is 2.06 bits per heavy atom. The van der Waals surface area contributed by atoms with E-state index in [4.69, 9.17) is 9.15 Å². The molecule has 0 atom stereocenters. The van der Waals surface area contributed by atoms with Gasteiger partial charge in [0.25, 0.3) is 5.88 Å². The number of amides is 1. The van der Waals surface area contributed by atoms with E-state index in [9.17, 15) is 18.8 Å². The highest BCUT2D eigenvalue weighted by Crippen LogP contribution is 2.18. The van der Waals surface area contributed by atoms with E-state index in [0.29, 0.717) is 16.7 Å². The Balaban J connectivity index is 1.84. The van der Waals surface area contributed by atoms with Crippen molar-refractivity contribution in [3.8, 4) is 11.6 Å². The number of halogens is 1. The molecule has 4 aromatic rings. The number of ether oxygens (including phenoxy) is 1. The second-order valence-corrected chi connectivity index (χ2v) is 6.60. The van der Waals surface area contributed by atoms with Gasteiger partial charge in [-0.25, -0.2) is 18.7 Å². The summed E-state index contributed by atoms with van der Waals surface area (Å²) in [6, 6.07) is 7.05. The molecular formula is C20H16FN5O5. The van der Waals surface area contributed by atoms with Crippen LogP contribution in [0.2, 0.25) is 0 Å². The van der Waals surface area contributed by atoms with Crippen LogP contribution in [0.25, 0.3) is 16.8 Å². The summed E-state index contributed by atoms with van der Waals surface area (Å²) in [5, 5.41) is 6.99. The largest absolute Gasteiger partial charge is 0.476 e. The van der Waals surface area contributed by atoms with Gasteiger partial charge in [-0.05, 0) is 35.9 Å². The van der Waals surface area contributed by atoms with Crippen LogP contribution in [-0.2, 0) is 11.3 Å². The highest BCUT2D eigenvalue weighted by Gasteiger charge is 2.17. The molecule has 0 aliphatic rings. The number of methoxy groups -OCH3 is 1. The molecule has 158 valence electrons. The number of rotatable bonds is 5. The molecule has 3 aromatic heterocycles. The van der Waals surface area contributed by atoms with Crippen LogP contribution in [0.1, 0.15) is 12.5 Å². The number of hydrogen-bond acceptors (Lipinski definition) is 7. The summed E-state index contributed by atoms with van der Waals surface area (Å²) in [7, 11) is 1.25. The van der Waals surface area contributed by atoms with Crippen molar-refractivity contribution >= 4 is 22.7 Å². The number of carbonyl (C=O) groups excluding carboxylic acids is 1. The Hall–Kier alpha value is -4.28. The summed E-state index contributed by atoms with van der Waals surface area (Å²) in [6.07, 6.45) is 2.97. The molecule has 0 radical (unpaired) electrons. The van der Waals surface area contributed by atoms with Crippen molar-refractivity contribution in [1.29, 1.82) is 0 Å². The lowest BCUT2D eigenvalue weighted by Gasteiger charge is -2.12. The normalized spacial score (nSPS) is 10.9. The third-order valence-corrected chi connectivity index (χ3v) is 4.43. The first-order valence-corrected chi connectivity index (χ1v) is 9.05. The molecule has 11 heteroatoms. The summed E-state index contributed by atoms with van der Waals surface area (Å²) in [5.74, 6) is -1.50. The molecule has 0 aliphatic heterocycles. The Labute approximate surface area is 173 Å². The molecule has 1 N–H and O–H groups in total. The van der Waals surface area contributed by atoms with E-state index < -0.39 is 23.0 Å². The number of fused-ring (bicyclic) bond motifs is 1. The van der Waals surface area contributed by atoms with Crippen molar-refractivity contribution in [1.82, 2.24) is 19.3 Å². The predicted molar refractivity (Wildman–Crippen MR) is 108 cm³/mol. The maximum absolute atomic E-state index is 14.0. The monoisotopic (exact) mass is 425 g/mol. The molecule has 0 spiro atoms. The minimum atomic E-state index is -0.779. The van der Waals surface area contributed by atoms with Gasteiger partial charge in [0, 0.05) is 18.5 Å². The van der Waals surface area contributed by atoms with E-state index in [0.717, 1.165) is 15.3 Å². The number of aromatic nitrogens is 4. The third-order valence-electron chi connectivity index (χ3n) is 4.43. The second-order valence-electron chi connectivity index (χ2n) is 6.60. The minimum absolute atomic E-state index is 0.107. The average molecular weight is 425 g/mol. The molecule has 0 saturated heterocycles. The van der Waals surface area contributed by atoms with E-state index in [1.807, 2.05) is 0 Å². The van der Waals surface area contributed by atoms with Crippen LogP contribution >= 0.6 is 0 Å². The first-order chi connectivity index (χ1) is 14.9. The van der Waals surface area contributed by atoms with Gasteiger partial charge in [-0.2, -0.15) is 4.68 Å². The van der Waals surface area contributed by atoms with E-state index in [1.54, 1.807) is 12.1 Å². The molecule has 4 rings (SSSR count). The van der Waals surface area contributed by atoms with Crippen LogP contribution < -0.4 is 21.3 Å². The van der Waals surface area contributed by atoms with E-state index in [2.05, 4.69) is 15.4 Å². The zero-order chi connectivity index (χ0) is 22.1. The van der Waals surface area contributed by atoms with Gasteiger partial charge in [-0.3, -0.25) is 9.59 Å². The predicted octanol–water partition coefficient (Wildman–Crippen LogP) is 1.69. The van der Waals surface area contributed by atoms with Crippen molar-refractivity contribution in [3.05, 3.63) is 75.0 Å². The van der Waals surface area contributed by atoms with Gasteiger partial charge in [0.15, 0.2) is 0 Å². The van der Waals surface area contributed by atoms with Crippen molar-refractivity contribution in [3.63, 3.8) is 0 Å². The quantitative estimate of drug-likeness (QED) is 0.516. The number of hydrogen-bond donors (Lipinski definition) is 1. The van der Waals surface area contributed by atoms with Crippen LogP contribution in [0.4, 0.5) is 10.1 Å². The zero-order valence-electron chi connectivity index (χ0n) is 16.5. The second kappa shape index (κ2) is 7.86. The summed E-state index contributed by atoms with van der Waals surface area (Å²) in [4.78, 5) is 41.2. The molecule has 0 bridgehead atoms. The molecule has 0 saturated carbocycles. The first kappa shape index (κ1) is 20.0. The smallest absolute Gasteiger partial charge is 0.352 e. The minimum Gasteiger partial charge on any atom is -0.476 e. The lowest BCUT2D eigenvalue weighted by Crippen LogP contribution is -2.41. The maximum atomic E-state index is 14.0. The SMILES string of the molecule is COc1nn(-c2ccc(F)c(NC(C)=O)c2)c(=O)n(Cc2cnc3occc3c2)c1=O. The topological polar surface area (TPSA) is 121 Å². The molecule has 3 heterocycles. The molecule has 31 heavy (non-hydrogen) atoms. The van der Waals surface area contributed by atoms with Gasteiger partial charge in [-0.1, -0.05) is 0 Å². The standard InChI is InChI=1S/C20H16FN5O5/c1-11(27)23-16-8-14(3-4-15(16)21)26-20(29)25(19(28)18(24-26)30-2)10-12-7-13-5-6-31-17(13)22-9-12/h3-9H,10H2,1-2H3,(H,23,27). The number of anilines is 1. The highest BCUT2D eigenvalue weighted by atomic mass is 19.1. The van der Waals surface area contributed by atoms with Crippen LogP contribution in [0.5, 0.6) is 5.88 Å². The molecule has 1 amide bonds. The highest BCUT2D eigenvalue weighted by molar-refractivity contribution is 5.89. The summed E-state index contributed by atoms with van der Waals surface area (Å²) < 4.78 is 26.1. The van der Waals surface area contributed by atoms with Crippen LogP contribution in [0.3, 0.4) is 0 Å². The van der Waals surface area contributed by atoms with Gasteiger partial charge < -0.3 is 14.5 Å². The number of pyridine rings is 1. The molecule has 0 aliphatic carbocycles. The number of benzene rings is 1. The summed E-state index contributed by atoms with van der Waals surface area (Å²) >= 11 is 0. The van der Waals surface area contributed by atoms with Gasteiger partial charge in [0.2, 0.25) is 11.6 Å². The fourth-order valence-corrected chi connectivity index (χ4v) is 3.03. The summed E-state index contributed by atoms with van der Waals surface area (Å²) in [5.41, 5.74) is -0.516. The molecule has 0 unspecified atom stereocenters. The first-order valence-electron chi connectivity index (χ1n) is 9.05. The van der Waals surface area contributed by atoms with Crippen LogP contribution in [0, 0.1) is 5.82 Å². The van der Waals surface area contributed by atoms with E-state index in [-0.39, 0.29) is 23.8 Å². The molecule has 1 aromatic carbocycles. The maximum Gasteiger partial charge on any atom is 0.352 e. The van der Waals surface area contributed by atoms with Gasteiger partial charge >= 0.3 is 11.2 Å². The molecular weight excluding hydrogens is 409 g/mol. The Morgan fingerprint density at radius 1 is 1.26 bits per heavy atom. The number of carbonyl (C=O) groups is 1.